The minimum Gasteiger partial charge on any atom is -0.305 e. The second-order valence-corrected chi connectivity index (χ2v) is 3.88. The molecule has 0 heterocycles. The number of hydrogen-bond acceptors (Lipinski definition) is 1. The van der Waals surface area contributed by atoms with Crippen molar-refractivity contribution in [3.05, 3.63) is 48.0 Å². The van der Waals surface area contributed by atoms with Crippen LogP contribution in [0.15, 0.2) is 42.5 Å². The van der Waals surface area contributed by atoms with Crippen molar-refractivity contribution in [2.45, 2.75) is 6.54 Å². The van der Waals surface area contributed by atoms with Crippen LogP contribution in [0.3, 0.4) is 0 Å². The minimum absolute atomic E-state index is 0. The molecular formula is C13H15NPd. The van der Waals surface area contributed by atoms with Crippen LogP contribution in [0.1, 0.15) is 5.56 Å². The standard InChI is InChI=1S/C13H15N.Pd/c1-14(2)10-12-8-5-7-11-6-3-4-9-13(11)12;/h3-9H,10H2,1-2H3;. The quantitative estimate of drug-likeness (QED) is 0.769. The van der Waals surface area contributed by atoms with Crippen molar-refractivity contribution in [1.82, 2.24) is 4.90 Å². The van der Waals surface area contributed by atoms with Crippen LogP contribution in [0.25, 0.3) is 10.8 Å². The summed E-state index contributed by atoms with van der Waals surface area (Å²) >= 11 is 0. The molecule has 0 N–H and O–H groups in total. The van der Waals surface area contributed by atoms with Crippen molar-refractivity contribution in [2.24, 2.45) is 0 Å². The predicted molar refractivity (Wildman–Crippen MR) is 61.3 cm³/mol. The molecular weight excluding hydrogens is 277 g/mol. The molecule has 0 amide bonds. The van der Waals surface area contributed by atoms with Crippen LogP contribution in [0.5, 0.6) is 0 Å². The summed E-state index contributed by atoms with van der Waals surface area (Å²) in [6.45, 7) is 1.00. The largest absolute Gasteiger partial charge is 0.305 e. The molecule has 0 fully saturated rings. The van der Waals surface area contributed by atoms with Crippen molar-refractivity contribution >= 4 is 10.8 Å². The van der Waals surface area contributed by atoms with Gasteiger partial charge in [0, 0.05) is 27.0 Å². The molecule has 0 aliphatic carbocycles. The molecule has 2 rings (SSSR count). The van der Waals surface area contributed by atoms with Gasteiger partial charge in [-0.2, -0.15) is 0 Å². The zero-order chi connectivity index (χ0) is 9.97. The molecule has 0 radical (unpaired) electrons. The van der Waals surface area contributed by atoms with E-state index in [9.17, 15) is 0 Å². The van der Waals surface area contributed by atoms with Crippen LogP contribution in [0, 0.1) is 0 Å². The average molecular weight is 292 g/mol. The summed E-state index contributed by atoms with van der Waals surface area (Å²) in [7, 11) is 4.20. The van der Waals surface area contributed by atoms with Gasteiger partial charge in [-0.15, -0.1) is 0 Å². The first-order valence-electron chi connectivity index (χ1n) is 4.89. The smallest absolute Gasteiger partial charge is 0.0233 e. The summed E-state index contributed by atoms with van der Waals surface area (Å²) in [5.41, 5.74) is 1.40. The van der Waals surface area contributed by atoms with Crippen LogP contribution >= 0.6 is 0 Å². The van der Waals surface area contributed by atoms with Gasteiger partial charge in [0.05, 0.1) is 0 Å². The first kappa shape index (κ1) is 12.4. The van der Waals surface area contributed by atoms with E-state index < -0.39 is 0 Å². The number of benzene rings is 2. The van der Waals surface area contributed by atoms with Crippen LogP contribution in [0.2, 0.25) is 0 Å². The second kappa shape index (κ2) is 5.42. The fraction of sp³-hybridized carbons (Fsp3) is 0.231. The summed E-state index contributed by atoms with van der Waals surface area (Å²) < 4.78 is 0. The normalized spacial score (nSPS) is 10.3. The van der Waals surface area contributed by atoms with Gasteiger partial charge in [0.1, 0.15) is 0 Å². The van der Waals surface area contributed by atoms with Crippen LogP contribution in [-0.2, 0) is 27.0 Å². The maximum Gasteiger partial charge on any atom is 0.0233 e. The summed E-state index contributed by atoms with van der Waals surface area (Å²) in [4.78, 5) is 2.20. The van der Waals surface area contributed by atoms with E-state index in [0.29, 0.717) is 0 Å². The fourth-order valence-corrected chi connectivity index (χ4v) is 1.77. The van der Waals surface area contributed by atoms with Gasteiger partial charge in [0.15, 0.2) is 0 Å². The van der Waals surface area contributed by atoms with Gasteiger partial charge in [0.2, 0.25) is 0 Å². The summed E-state index contributed by atoms with van der Waals surface area (Å²) in [6.07, 6.45) is 0. The van der Waals surface area contributed by atoms with E-state index in [4.69, 9.17) is 0 Å². The van der Waals surface area contributed by atoms with E-state index in [2.05, 4.69) is 61.5 Å². The zero-order valence-corrected chi connectivity index (χ0v) is 10.6. The first-order valence-corrected chi connectivity index (χ1v) is 4.89. The monoisotopic (exact) mass is 291 g/mol. The molecule has 82 valence electrons. The summed E-state index contributed by atoms with van der Waals surface area (Å²) in [5.74, 6) is 0. The molecule has 0 atom stereocenters. The third-order valence-electron chi connectivity index (χ3n) is 2.37. The molecule has 0 bridgehead atoms. The van der Waals surface area contributed by atoms with E-state index in [-0.39, 0.29) is 20.4 Å². The van der Waals surface area contributed by atoms with Crippen molar-refractivity contribution in [1.29, 1.82) is 0 Å². The van der Waals surface area contributed by atoms with E-state index >= 15 is 0 Å². The van der Waals surface area contributed by atoms with Gasteiger partial charge in [-0.05, 0) is 30.4 Å². The molecule has 0 aliphatic heterocycles. The van der Waals surface area contributed by atoms with Gasteiger partial charge in [-0.3, -0.25) is 0 Å². The average Bonchev–Trinajstić information content (AvgIpc) is 2.18. The zero-order valence-electron chi connectivity index (χ0n) is 9.01. The van der Waals surface area contributed by atoms with Crippen molar-refractivity contribution in [3.63, 3.8) is 0 Å². The van der Waals surface area contributed by atoms with E-state index in [1.165, 1.54) is 16.3 Å². The molecule has 0 spiro atoms. The molecule has 0 aromatic heterocycles. The Morgan fingerprint density at radius 1 is 0.933 bits per heavy atom. The van der Waals surface area contributed by atoms with Crippen LogP contribution in [0.4, 0.5) is 0 Å². The summed E-state index contributed by atoms with van der Waals surface area (Å²) in [5, 5.41) is 2.69. The molecule has 0 unspecified atom stereocenters. The Kier molecular flexibility index (Phi) is 4.48. The Bertz CT molecular complexity index is 432. The Morgan fingerprint density at radius 2 is 1.60 bits per heavy atom. The number of nitrogens with zero attached hydrogens (tertiary/aromatic N) is 1. The van der Waals surface area contributed by atoms with Gasteiger partial charge in [-0.25, -0.2) is 0 Å². The Hall–Kier alpha value is -0.678. The molecule has 0 saturated heterocycles. The summed E-state index contributed by atoms with van der Waals surface area (Å²) in [6, 6.07) is 15.0. The van der Waals surface area contributed by atoms with Gasteiger partial charge in [0.25, 0.3) is 0 Å². The van der Waals surface area contributed by atoms with Gasteiger partial charge < -0.3 is 4.90 Å². The molecule has 2 aromatic carbocycles. The maximum atomic E-state index is 2.20. The topological polar surface area (TPSA) is 3.24 Å². The van der Waals surface area contributed by atoms with Gasteiger partial charge in [-0.1, -0.05) is 42.5 Å². The van der Waals surface area contributed by atoms with E-state index in [1.807, 2.05) is 0 Å². The van der Waals surface area contributed by atoms with Crippen molar-refractivity contribution in [3.8, 4) is 0 Å². The van der Waals surface area contributed by atoms with E-state index in [0.717, 1.165) is 6.54 Å². The number of fused-ring (bicyclic) bond motifs is 1. The molecule has 15 heavy (non-hydrogen) atoms. The number of rotatable bonds is 2. The fourth-order valence-electron chi connectivity index (χ4n) is 1.77. The number of hydrogen-bond donors (Lipinski definition) is 0. The van der Waals surface area contributed by atoms with Crippen molar-refractivity contribution < 1.29 is 20.4 Å². The molecule has 1 nitrogen and oxygen atoms in total. The minimum atomic E-state index is 0. The predicted octanol–water partition coefficient (Wildman–Crippen LogP) is 2.90. The molecule has 2 aromatic rings. The molecule has 0 saturated carbocycles. The maximum absolute atomic E-state index is 2.20. The third kappa shape index (κ3) is 2.89. The van der Waals surface area contributed by atoms with Crippen LogP contribution < -0.4 is 0 Å². The third-order valence-corrected chi connectivity index (χ3v) is 2.37. The SMILES string of the molecule is CN(C)Cc1cccc2ccccc12.[Pd]. The second-order valence-electron chi connectivity index (χ2n) is 3.88. The Labute approximate surface area is 105 Å². The Balaban J connectivity index is 0.00000112. The van der Waals surface area contributed by atoms with Crippen molar-refractivity contribution in [2.75, 3.05) is 14.1 Å². The first-order chi connectivity index (χ1) is 6.77. The van der Waals surface area contributed by atoms with Crippen LogP contribution in [-0.4, -0.2) is 19.0 Å². The molecule has 2 heteroatoms. The van der Waals surface area contributed by atoms with Gasteiger partial charge >= 0.3 is 0 Å². The molecule has 0 aliphatic rings. The Morgan fingerprint density at radius 3 is 2.33 bits per heavy atom. The van der Waals surface area contributed by atoms with E-state index in [1.54, 1.807) is 0 Å².